The van der Waals surface area contributed by atoms with E-state index in [9.17, 15) is 14.4 Å². The predicted octanol–water partition coefficient (Wildman–Crippen LogP) is 1.89. The molecular formula is C22H26N4O5. The van der Waals surface area contributed by atoms with Crippen LogP contribution in [0.4, 0.5) is 10.5 Å². The summed E-state index contributed by atoms with van der Waals surface area (Å²) in [4.78, 5) is 41.1. The number of hydrogen-bond donors (Lipinski definition) is 2. The molecule has 9 nitrogen and oxygen atoms in total. The molecule has 9 heteroatoms. The van der Waals surface area contributed by atoms with Crippen molar-refractivity contribution in [3.05, 3.63) is 48.4 Å². The average Bonchev–Trinajstić information content (AvgIpc) is 3.31. The Bertz CT molecular complexity index is 924. The number of furan rings is 1. The summed E-state index contributed by atoms with van der Waals surface area (Å²) in [6.07, 6.45) is 3.94. The van der Waals surface area contributed by atoms with Crippen molar-refractivity contribution in [2.24, 2.45) is 0 Å². The first kappa shape index (κ1) is 20.8. The normalized spacial score (nSPS) is 18.0. The van der Waals surface area contributed by atoms with Crippen LogP contribution in [0.25, 0.3) is 0 Å². The monoisotopic (exact) mass is 426 g/mol. The van der Waals surface area contributed by atoms with Crippen molar-refractivity contribution >= 4 is 23.5 Å². The molecule has 0 spiro atoms. The van der Waals surface area contributed by atoms with Gasteiger partial charge in [-0.1, -0.05) is 12.1 Å². The van der Waals surface area contributed by atoms with Gasteiger partial charge in [0.1, 0.15) is 11.5 Å². The summed E-state index contributed by atoms with van der Waals surface area (Å²) in [6, 6.07) is 10.1. The minimum atomic E-state index is -0.687. The van der Waals surface area contributed by atoms with Crippen LogP contribution < -0.4 is 20.3 Å². The Labute approximate surface area is 180 Å². The summed E-state index contributed by atoms with van der Waals surface area (Å²) < 4.78 is 11.1. The zero-order valence-corrected chi connectivity index (χ0v) is 17.2. The molecule has 31 heavy (non-hydrogen) atoms. The molecule has 1 aromatic heterocycles. The van der Waals surface area contributed by atoms with Gasteiger partial charge in [-0.2, -0.15) is 0 Å². The number of hydrogen-bond acceptors (Lipinski definition) is 6. The lowest BCUT2D eigenvalue weighted by atomic mass is 10.1. The second kappa shape index (κ2) is 9.55. The summed E-state index contributed by atoms with van der Waals surface area (Å²) in [5, 5.41) is 4.89. The fraction of sp³-hybridized carbons (Fsp3) is 0.409. The zero-order chi connectivity index (χ0) is 21.6. The molecule has 164 valence electrons. The van der Waals surface area contributed by atoms with Gasteiger partial charge >= 0.3 is 6.03 Å². The molecule has 0 saturated carbocycles. The van der Waals surface area contributed by atoms with Crippen molar-refractivity contribution in [2.45, 2.75) is 31.9 Å². The van der Waals surface area contributed by atoms with Crippen LogP contribution in [0.5, 0.6) is 5.75 Å². The number of nitrogens with zero attached hydrogens (tertiary/aromatic N) is 2. The topological polar surface area (TPSA) is 104 Å². The van der Waals surface area contributed by atoms with Gasteiger partial charge in [-0.05, 0) is 43.5 Å². The zero-order valence-electron chi connectivity index (χ0n) is 17.2. The smallest absolute Gasteiger partial charge is 0.321 e. The van der Waals surface area contributed by atoms with Crippen LogP contribution in [0.2, 0.25) is 0 Å². The molecule has 2 aromatic rings. The number of nitrogens with one attached hydrogen (secondary N) is 2. The van der Waals surface area contributed by atoms with Gasteiger partial charge < -0.3 is 24.3 Å². The van der Waals surface area contributed by atoms with Crippen molar-refractivity contribution in [3.63, 3.8) is 0 Å². The minimum Gasteiger partial charge on any atom is -0.477 e. The number of imide groups is 1. The van der Waals surface area contributed by atoms with Gasteiger partial charge in [-0.3, -0.25) is 14.9 Å². The molecular weight excluding hydrogens is 400 g/mol. The molecule has 2 aliphatic heterocycles. The Morgan fingerprint density at radius 1 is 1.03 bits per heavy atom. The highest BCUT2D eigenvalue weighted by molar-refractivity contribution is 5.97. The third kappa shape index (κ3) is 5.17. The van der Waals surface area contributed by atoms with Crippen LogP contribution >= 0.6 is 0 Å². The largest absolute Gasteiger partial charge is 0.477 e. The van der Waals surface area contributed by atoms with Gasteiger partial charge in [0.2, 0.25) is 5.91 Å². The van der Waals surface area contributed by atoms with E-state index in [4.69, 9.17) is 9.15 Å². The van der Waals surface area contributed by atoms with Crippen molar-refractivity contribution in [1.82, 2.24) is 15.5 Å². The Balaban J connectivity index is 1.38. The maximum Gasteiger partial charge on any atom is 0.321 e. The number of rotatable bonds is 5. The van der Waals surface area contributed by atoms with Crippen molar-refractivity contribution in [3.8, 4) is 5.75 Å². The number of amides is 4. The number of anilines is 1. The molecule has 0 unspecified atom stereocenters. The lowest BCUT2D eigenvalue weighted by Crippen LogP contribution is -2.53. The van der Waals surface area contributed by atoms with Crippen LogP contribution in [-0.2, 0) is 16.1 Å². The molecule has 0 radical (unpaired) electrons. The van der Waals surface area contributed by atoms with E-state index in [1.165, 1.54) is 6.26 Å². The second-order valence-corrected chi connectivity index (χ2v) is 7.65. The number of urea groups is 1. The second-order valence-electron chi connectivity index (χ2n) is 7.65. The number of benzene rings is 1. The van der Waals surface area contributed by atoms with Crippen LogP contribution in [0.15, 0.2) is 47.1 Å². The number of para-hydroxylation sites is 2. The molecule has 0 bridgehead atoms. The molecule has 1 atom stereocenters. The van der Waals surface area contributed by atoms with E-state index in [0.717, 1.165) is 38.0 Å². The molecule has 1 saturated heterocycles. The van der Waals surface area contributed by atoms with E-state index >= 15 is 0 Å². The molecule has 4 amide bonds. The van der Waals surface area contributed by atoms with E-state index in [-0.39, 0.29) is 25.5 Å². The van der Waals surface area contributed by atoms with E-state index in [1.807, 2.05) is 23.1 Å². The average molecular weight is 426 g/mol. The highest BCUT2D eigenvalue weighted by Gasteiger charge is 2.34. The van der Waals surface area contributed by atoms with Gasteiger partial charge in [-0.15, -0.1) is 0 Å². The Kier molecular flexibility index (Phi) is 6.40. The number of likely N-dealkylation sites (tertiary alicyclic amines) is 1. The Morgan fingerprint density at radius 2 is 1.84 bits per heavy atom. The SMILES string of the molecule is O=C(CN1C[C@H](C(=O)N2CCCCC2)Oc2ccccc21)NC(=O)NCc1ccco1. The highest BCUT2D eigenvalue weighted by Crippen LogP contribution is 2.33. The third-order valence-corrected chi connectivity index (χ3v) is 5.40. The van der Waals surface area contributed by atoms with Crippen LogP contribution in [0.3, 0.4) is 0 Å². The fourth-order valence-corrected chi connectivity index (χ4v) is 3.87. The summed E-state index contributed by atoms with van der Waals surface area (Å²) in [5.41, 5.74) is 0.719. The van der Waals surface area contributed by atoms with Gasteiger partial charge in [0.15, 0.2) is 6.10 Å². The quantitative estimate of drug-likeness (QED) is 0.757. The first-order valence-electron chi connectivity index (χ1n) is 10.5. The van der Waals surface area contributed by atoms with Crippen molar-refractivity contribution in [2.75, 3.05) is 31.1 Å². The number of piperidine rings is 1. The number of carbonyl (C=O) groups excluding carboxylic acids is 3. The van der Waals surface area contributed by atoms with Crippen LogP contribution in [0.1, 0.15) is 25.0 Å². The first-order valence-corrected chi connectivity index (χ1v) is 10.5. The summed E-state index contributed by atoms with van der Waals surface area (Å²) in [7, 11) is 0. The highest BCUT2D eigenvalue weighted by atomic mass is 16.5. The maximum absolute atomic E-state index is 13.0. The third-order valence-electron chi connectivity index (χ3n) is 5.40. The van der Waals surface area contributed by atoms with Gasteiger partial charge in [0.25, 0.3) is 5.91 Å². The first-order chi connectivity index (χ1) is 15.1. The number of ether oxygens (including phenoxy) is 1. The molecule has 0 aliphatic carbocycles. The van der Waals surface area contributed by atoms with E-state index in [1.54, 1.807) is 23.1 Å². The molecule has 2 N–H and O–H groups in total. The maximum atomic E-state index is 13.0. The molecule has 1 fully saturated rings. The summed E-state index contributed by atoms with van der Waals surface area (Å²) in [5.74, 6) is 0.608. The lowest BCUT2D eigenvalue weighted by molar-refractivity contribution is -0.139. The predicted molar refractivity (Wildman–Crippen MR) is 113 cm³/mol. The molecule has 4 rings (SSSR count). The lowest BCUT2D eigenvalue weighted by Gasteiger charge is -2.38. The summed E-state index contributed by atoms with van der Waals surface area (Å²) in [6.45, 7) is 1.82. The summed E-state index contributed by atoms with van der Waals surface area (Å²) >= 11 is 0. The number of fused-ring (bicyclic) bond motifs is 1. The van der Waals surface area contributed by atoms with Crippen LogP contribution in [0, 0.1) is 0 Å². The Hall–Kier alpha value is -3.49. The van der Waals surface area contributed by atoms with E-state index in [0.29, 0.717) is 11.5 Å². The number of carbonyl (C=O) groups is 3. The Morgan fingerprint density at radius 3 is 2.61 bits per heavy atom. The molecule has 3 heterocycles. The molecule has 2 aliphatic rings. The fourth-order valence-electron chi connectivity index (χ4n) is 3.87. The standard InChI is InChI=1S/C22H26N4O5/c27-20(24-22(29)23-13-16-7-6-12-30-16)15-26-14-19(21(28)25-10-4-1-5-11-25)31-18-9-3-2-8-17(18)26/h2-3,6-9,12,19H,1,4-5,10-11,13-15H2,(H2,23,24,27,29)/t19-/m1/s1. The van der Waals surface area contributed by atoms with Crippen molar-refractivity contribution in [1.29, 1.82) is 0 Å². The van der Waals surface area contributed by atoms with Crippen molar-refractivity contribution < 1.29 is 23.5 Å². The van der Waals surface area contributed by atoms with E-state index < -0.39 is 18.0 Å². The van der Waals surface area contributed by atoms with Gasteiger partial charge in [0.05, 0.1) is 31.6 Å². The van der Waals surface area contributed by atoms with Gasteiger partial charge in [0, 0.05) is 13.1 Å². The minimum absolute atomic E-state index is 0.0594. The molecule has 1 aromatic carbocycles. The van der Waals surface area contributed by atoms with Gasteiger partial charge in [-0.25, -0.2) is 4.79 Å². The van der Waals surface area contributed by atoms with E-state index in [2.05, 4.69) is 10.6 Å². The van der Waals surface area contributed by atoms with Crippen LogP contribution in [-0.4, -0.2) is 55.0 Å².